The van der Waals surface area contributed by atoms with E-state index in [1.807, 2.05) is 18.2 Å². The molecule has 1 saturated heterocycles. The number of amides is 3. The number of hydrogen-bond acceptors (Lipinski definition) is 8. The molecule has 48 heavy (non-hydrogen) atoms. The molecule has 0 aliphatic carbocycles. The van der Waals surface area contributed by atoms with Crippen molar-refractivity contribution in [1.29, 1.82) is 0 Å². The molecule has 5 N–H and O–H groups in total. The Bertz CT molecular complexity index is 1550. The number of rotatable bonds is 22. The number of nitrogens with zero attached hydrogens (tertiary/aromatic N) is 2. The summed E-state index contributed by atoms with van der Waals surface area (Å²) < 4.78 is 20.4. The first-order valence-corrected chi connectivity index (χ1v) is 17.1. The first-order valence-electron chi connectivity index (χ1n) is 17.1. The van der Waals surface area contributed by atoms with Gasteiger partial charge in [-0.25, -0.2) is 4.79 Å². The number of carbonyl (C=O) groups is 3. The normalized spacial score (nSPS) is 15.6. The average Bonchev–Trinajstić information content (AvgIpc) is 3.31. The van der Waals surface area contributed by atoms with E-state index in [-0.39, 0.29) is 36.4 Å². The van der Waals surface area contributed by atoms with Crippen LogP contribution in [-0.4, -0.2) is 65.9 Å². The minimum absolute atomic E-state index is 0.187. The Morgan fingerprint density at radius 2 is 1.48 bits per heavy atom. The van der Waals surface area contributed by atoms with Crippen molar-refractivity contribution < 1.29 is 28.6 Å². The molecule has 262 valence electrons. The quantitative estimate of drug-likeness (QED) is 0.109. The molecular formula is C36H51N5O7. The van der Waals surface area contributed by atoms with Crippen LogP contribution in [0.15, 0.2) is 47.3 Å². The van der Waals surface area contributed by atoms with Gasteiger partial charge in [-0.2, -0.15) is 0 Å². The maximum Gasteiger partial charge on any atom is 0.329 e. The second-order valence-electron chi connectivity index (χ2n) is 12.6. The van der Waals surface area contributed by atoms with Crippen LogP contribution in [0.5, 0.6) is 0 Å². The standard InChI is InChI=1S/C36H51N5O7/c1-40-32-23-27(13-15-30(32)41(36(40)45)31-16-18-34(43)39-35(31)44)8-6-22-47-20-4-2-3-19-46-21-5-7-26-9-11-28(12-10-26)24-48-25-29(37)14-17-33(38)42/h9-13,15,23,29,31H,2-8,14,16-22,24-25,37H2,1H3,(H2,38,42)(H,39,43,44). The lowest BCUT2D eigenvalue weighted by Crippen LogP contribution is -2.44. The van der Waals surface area contributed by atoms with E-state index in [1.165, 1.54) is 10.1 Å². The molecule has 1 aliphatic rings. The van der Waals surface area contributed by atoms with Gasteiger partial charge >= 0.3 is 5.69 Å². The molecule has 12 nitrogen and oxygen atoms in total. The predicted octanol–water partition coefficient (Wildman–Crippen LogP) is 3.20. The zero-order valence-electron chi connectivity index (χ0n) is 28.1. The van der Waals surface area contributed by atoms with Gasteiger partial charge in [-0.3, -0.25) is 28.8 Å². The van der Waals surface area contributed by atoms with Gasteiger partial charge in [-0.15, -0.1) is 0 Å². The van der Waals surface area contributed by atoms with Crippen molar-refractivity contribution in [2.45, 2.75) is 89.3 Å². The molecule has 1 aromatic heterocycles. The number of fused-ring (bicyclic) bond motifs is 1. The van der Waals surface area contributed by atoms with E-state index in [9.17, 15) is 19.2 Å². The zero-order valence-corrected chi connectivity index (χ0v) is 28.1. The molecule has 0 saturated carbocycles. The number of imide groups is 1. The number of benzene rings is 2. The molecule has 0 spiro atoms. The van der Waals surface area contributed by atoms with E-state index < -0.39 is 11.9 Å². The molecule has 4 rings (SSSR count). The van der Waals surface area contributed by atoms with E-state index in [1.54, 1.807) is 11.6 Å². The van der Waals surface area contributed by atoms with E-state index in [0.29, 0.717) is 38.2 Å². The number of imidazole rings is 1. The fourth-order valence-corrected chi connectivity index (χ4v) is 5.88. The molecule has 0 radical (unpaired) electrons. The molecular weight excluding hydrogens is 614 g/mol. The SMILES string of the molecule is Cn1c(=O)n(C2CCC(=O)NC2=O)c2ccc(CCCOCCCCCOCCCc3ccc(COCC(N)CCC(N)=O)cc3)cc21. The number of unbranched alkanes of at least 4 members (excludes halogenated alkanes) is 2. The van der Waals surface area contributed by atoms with E-state index in [0.717, 1.165) is 81.4 Å². The summed E-state index contributed by atoms with van der Waals surface area (Å²) in [5, 5.41) is 2.34. The van der Waals surface area contributed by atoms with Gasteiger partial charge in [-0.05, 0) is 86.6 Å². The monoisotopic (exact) mass is 665 g/mol. The van der Waals surface area contributed by atoms with Crippen LogP contribution in [0.4, 0.5) is 0 Å². The highest BCUT2D eigenvalue weighted by molar-refractivity contribution is 6.00. The average molecular weight is 666 g/mol. The lowest BCUT2D eigenvalue weighted by atomic mass is 10.1. The Morgan fingerprint density at radius 3 is 2.15 bits per heavy atom. The fourth-order valence-electron chi connectivity index (χ4n) is 5.88. The van der Waals surface area contributed by atoms with Crippen molar-refractivity contribution in [1.82, 2.24) is 14.5 Å². The molecule has 0 bridgehead atoms. The Balaban J connectivity index is 1.00. The Hall–Kier alpha value is -3.84. The molecule has 3 amide bonds. The Labute approximate surface area is 282 Å². The summed E-state index contributed by atoms with van der Waals surface area (Å²) in [5.74, 6) is -1.07. The summed E-state index contributed by atoms with van der Waals surface area (Å²) in [4.78, 5) is 47.7. The third-order valence-corrected chi connectivity index (χ3v) is 8.65. The number of ether oxygens (including phenoxy) is 3. The van der Waals surface area contributed by atoms with Crippen LogP contribution in [0.2, 0.25) is 0 Å². The van der Waals surface area contributed by atoms with Crippen molar-refractivity contribution in [2.75, 3.05) is 33.0 Å². The topological polar surface area (TPSA) is 170 Å². The van der Waals surface area contributed by atoms with Gasteiger partial charge in [0, 0.05) is 52.4 Å². The summed E-state index contributed by atoms with van der Waals surface area (Å²) in [6.45, 7) is 3.79. The highest BCUT2D eigenvalue weighted by Gasteiger charge is 2.31. The van der Waals surface area contributed by atoms with E-state index >= 15 is 0 Å². The van der Waals surface area contributed by atoms with Gasteiger partial charge in [0.1, 0.15) is 6.04 Å². The number of nitrogens with one attached hydrogen (secondary N) is 1. The second kappa shape index (κ2) is 19.2. The number of hydrogen-bond donors (Lipinski definition) is 3. The van der Waals surface area contributed by atoms with Gasteiger partial charge in [0.25, 0.3) is 0 Å². The lowest BCUT2D eigenvalue weighted by molar-refractivity contribution is -0.135. The first-order chi connectivity index (χ1) is 23.2. The zero-order chi connectivity index (χ0) is 34.3. The van der Waals surface area contributed by atoms with E-state index in [2.05, 4.69) is 29.6 Å². The molecule has 3 aromatic rings. The van der Waals surface area contributed by atoms with Crippen LogP contribution in [0.25, 0.3) is 11.0 Å². The number of nitrogens with two attached hydrogens (primary N) is 2. The van der Waals surface area contributed by atoms with Crippen molar-refractivity contribution >= 4 is 28.8 Å². The molecule has 12 heteroatoms. The molecule has 2 unspecified atom stereocenters. The highest BCUT2D eigenvalue weighted by atomic mass is 16.5. The molecule has 2 atom stereocenters. The summed E-state index contributed by atoms with van der Waals surface area (Å²) in [5.41, 5.74) is 15.8. The maximum atomic E-state index is 12.9. The number of primary amides is 1. The summed E-state index contributed by atoms with van der Waals surface area (Å²) in [7, 11) is 1.71. The van der Waals surface area contributed by atoms with Crippen LogP contribution in [0.3, 0.4) is 0 Å². The minimum Gasteiger partial charge on any atom is -0.381 e. The number of piperidine rings is 1. The summed E-state index contributed by atoms with van der Waals surface area (Å²) in [6, 6.07) is 13.4. The van der Waals surface area contributed by atoms with Crippen LogP contribution < -0.4 is 22.5 Å². The molecule has 1 aliphatic heterocycles. The number of aromatic nitrogens is 2. The third kappa shape index (κ3) is 11.4. The van der Waals surface area contributed by atoms with Gasteiger partial charge in [0.15, 0.2) is 0 Å². The van der Waals surface area contributed by atoms with Gasteiger partial charge in [-0.1, -0.05) is 30.3 Å². The van der Waals surface area contributed by atoms with Crippen LogP contribution >= 0.6 is 0 Å². The summed E-state index contributed by atoms with van der Waals surface area (Å²) >= 11 is 0. The largest absolute Gasteiger partial charge is 0.381 e. The lowest BCUT2D eigenvalue weighted by Gasteiger charge is -2.21. The van der Waals surface area contributed by atoms with Crippen molar-refractivity contribution in [3.63, 3.8) is 0 Å². The molecule has 1 fully saturated rings. The minimum atomic E-state index is -0.674. The smallest absolute Gasteiger partial charge is 0.329 e. The van der Waals surface area contributed by atoms with Gasteiger partial charge < -0.3 is 25.7 Å². The molecule has 2 heterocycles. The Kier molecular flexibility index (Phi) is 14.8. The maximum absolute atomic E-state index is 12.9. The number of carbonyl (C=O) groups excluding carboxylic acids is 3. The second-order valence-corrected chi connectivity index (χ2v) is 12.6. The Morgan fingerprint density at radius 1 is 0.854 bits per heavy atom. The first kappa shape index (κ1) is 37.0. The number of aryl methyl sites for hydroxylation is 3. The van der Waals surface area contributed by atoms with Crippen LogP contribution in [0, 0.1) is 0 Å². The van der Waals surface area contributed by atoms with Crippen molar-refractivity contribution in [3.8, 4) is 0 Å². The van der Waals surface area contributed by atoms with Crippen LogP contribution in [-0.2, 0) is 55.1 Å². The molecule has 2 aromatic carbocycles. The van der Waals surface area contributed by atoms with Crippen LogP contribution in [0.1, 0.15) is 80.5 Å². The van der Waals surface area contributed by atoms with E-state index in [4.69, 9.17) is 25.7 Å². The third-order valence-electron chi connectivity index (χ3n) is 8.65. The van der Waals surface area contributed by atoms with Crippen molar-refractivity contribution in [2.24, 2.45) is 18.5 Å². The summed E-state index contributed by atoms with van der Waals surface area (Å²) in [6.07, 6.45) is 8.09. The highest BCUT2D eigenvalue weighted by Crippen LogP contribution is 2.24. The predicted molar refractivity (Wildman–Crippen MR) is 183 cm³/mol. The van der Waals surface area contributed by atoms with Crippen molar-refractivity contribution in [3.05, 3.63) is 69.6 Å². The van der Waals surface area contributed by atoms with Gasteiger partial charge in [0.05, 0.1) is 24.2 Å². The van der Waals surface area contributed by atoms with Gasteiger partial charge in [0.2, 0.25) is 17.7 Å². The fraction of sp³-hybridized carbons (Fsp3) is 0.556.